The van der Waals surface area contributed by atoms with Crippen molar-refractivity contribution in [2.24, 2.45) is 0 Å². The quantitative estimate of drug-likeness (QED) is 0.739. The first kappa shape index (κ1) is 15.4. The summed E-state index contributed by atoms with van der Waals surface area (Å²) in [6.45, 7) is 4.08. The summed E-state index contributed by atoms with van der Waals surface area (Å²) in [5.74, 6) is 0.259. The van der Waals surface area contributed by atoms with Crippen molar-refractivity contribution in [2.45, 2.75) is 31.8 Å². The summed E-state index contributed by atoms with van der Waals surface area (Å²) in [6.07, 6.45) is 0. The van der Waals surface area contributed by atoms with E-state index in [2.05, 4.69) is 16.8 Å². The number of alkyl halides is 1. The molecule has 0 aliphatic heterocycles. The third-order valence-corrected chi connectivity index (χ3v) is 4.98. The molecule has 0 radical (unpaired) electrons. The molecule has 108 valence electrons. The summed E-state index contributed by atoms with van der Waals surface area (Å²) in [4.78, 5) is 6.62. The van der Waals surface area contributed by atoms with Crippen molar-refractivity contribution >= 4 is 22.9 Å². The normalized spacial score (nSPS) is 14.5. The maximum Gasteiger partial charge on any atom is 0.127 e. The molecule has 0 spiro atoms. The van der Waals surface area contributed by atoms with Crippen LogP contribution < -0.4 is 0 Å². The molecular formula is C15H18ClFN2S. The van der Waals surface area contributed by atoms with E-state index in [0.717, 1.165) is 10.7 Å². The van der Waals surface area contributed by atoms with Crippen molar-refractivity contribution in [1.82, 2.24) is 9.88 Å². The molecule has 0 bridgehead atoms. The van der Waals surface area contributed by atoms with Crippen LogP contribution in [0.1, 0.15) is 42.2 Å². The van der Waals surface area contributed by atoms with Gasteiger partial charge >= 0.3 is 0 Å². The van der Waals surface area contributed by atoms with Crippen LogP contribution in [0.5, 0.6) is 0 Å². The molecule has 0 aliphatic rings. The second kappa shape index (κ2) is 6.66. The Morgan fingerprint density at radius 3 is 2.60 bits per heavy atom. The van der Waals surface area contributed by atoms with Gasteiger partial charge in [0.1, 0.15) is 10.8 Å². The van der Waals surface area contributed by atoms with Gasteiger partial charge in [0.2, 0.25) is 0 Å². The number of rotatable bonds is 5. The van der Waals surface area contributed by atoms with Gasteiger partial charge in [0, 0.05) is 17.0 Å². The minimum absolute atomic E-state index is 0.0189. The highest BCUT2D eigenvalue weighted by atomic mass is 35.5. The predicted octanol–water partition coefficient (Wildman–Crippen LogP) is 4.78. The average Bonchev–Trinajstić information content (AvgIpc) is 2.94. The van der Waals surface area contributed by atoms with Crippen molar-refractivity contribution in [3.63, 3.8) is 0 Å². The summed E-state index contributed by atoms with van der Waals surface area (Å²) in [5.41, 5.74) is 1.60. The first-order chi connectivity index (χ1) is 9.54. The van der Waals surface area contributed by atoms with Gasteiger partial charge in [-0.1, -0.05) is 18.2 Å². The maximum absolute atomic E-state index is 13.9. The molecule has 2 rings (SSSR count). The molecule has 5 heteroatoms. The van der Waals surface area contributed by atoms with E-state index in [1.165, 1.54) is 6.07 Å². The minimum atomic E-state index is -0.167. The summed E-state index contributed by atoms with van der Waals surface area (Å²) >= 11 is 7.38. The predicted molar refractivity (Wildman–Crippen MR) is 82.7 cm³/mol. The van der Waals surface area contributed by atoms with Crippen LogP contribution in [0.25, 0.3) is 0 Å². The third kappa shape index (κ3) is 3.19. The molecule has 0 fully saturated rings. The van der Waals surface area contributed by atoms with Crippen molar-refractivity contribution in [3.05, 3.63) is 51.7 Å². The van der Waals surface area contributed by atoms with Crippen molar-refractivity contribution in [3.8, 4) is 0 Å². The Morgan fingerprint density at radius 1 is 1.30 bits per heavy atom. The van der Waals surface area contributed by atoms with Gasteiger partial charge in [0.25, 0.3) is 0 Å². The van der Waals surface area contributed by atoms with Crippen LogP contribution in [0.3, 0.4) is 0 Å². The lowest BCUT2D eigenvalue weighted by molar-refractivity contribution is 0.195. The molecule has 0 saturated carbocycles. The summed E-state index contributed by atoms with van der Waals surface area (Å²) in [7, 11) is 1.99. The average molecular weight is 313 g/mol. The zero-order valence-electron chi connectivity index (χ0n) is 11.8. The summed E-state index contributed by atoms with van der Waals surface area (Å²) in [5, 5.41) is 2.98. The highest BCUT2D eigenvalue weighted by Crippen LogP contribution is 2.31. The van der Waals surface area contributed by atoms with Crippen LogP contribution in [0.2, 0.25) is 0 Å². The van der Waals surface area contributed by atoms with E-state index in [9.17, 15) is 4.39 Å². The Morgan fingerprint density at radius 2 is 2.00 bits per heavy atom. The SMILES string of the molecule is CC(c1nc(CCl)cs1)N(C)C(C)c1ccccc1F. The van der Waals surface area contributed by atoms with Crippen LogP contribution in [0.15, 0.2) is 29.6 Å². The molecule has 0 saturated heterocycles. The highest BCUT2D eigenvalue weighted by Gasteiger charge is 2.22. The number of hydrogen-bond donors (Lipinski definition) is 0. The first-order valence-corrected chi connectivity index (χ1v) is 7.92. The zero-order chi connectivity index (χ0) is 14.7. The van der Waals surface area contributed by atoms with E-state index in [-0.39, 0.29) is 17.9 Å². The van der Waals surface area contributed by atoms with E-state index in [0.29, 0.717) is 11.4 Å². The van der Waals surface area contributed by atoms with Gasteiger partial charge in [-0.2, -0.15) is 0 Å². The molecule has 1 heterocycles. The second-order valence-corrected chi connectivity index (χ2v) is 6.01. The third-order valence-electron chi connectivity index (χ3n) is 3.64. The summed E-state index contributed by atoms with van der Waals surface area (Å²) in [6, 6.07) is 7.00. The highest BCUT2D eigenvalue weighted by molar-refractivity contribution is 7.09. The molecule has 2 aromatic rings. The lowest BCUT2D eigenvalue weighted by Gasteiger charge is -2.30. The molecule has 2 atom stereocenters. The number of hydrogen-bond acceptors (Lipinski definition) is 3. The van der Waals surface area contributed by atoms with E-state index in [4.69, 9.17) is 11.6 Å². The van der Waals surface area contributed by atoms with Gasteiger partial charge < -0.3 is 0 Å². The van der Waals surface area contributed by atoms with Crippen LogP contribution in [0.4, 0.5) is 4.39 Å². The Labute approximate surface area is 128 Å². The van der Waals surface area contributed by atoms with Crippen LogP contribution in [-0.4, -0.2) is 16.9 Å². The molecular weight excluding hydrogens is 295 g/mol. The topological polar surface area (TPSA) is 16.1 Å². The fourth-order valence-electron chi connectivity index (χ4n) is 2.12. The molecule has 0 aliphatic carbocycles. The van der Waals surface area contributed by atoms with Gasteiger partial charge in [0.15, 0.2) is 0 Å². The number of aromatic nitrogens is 1. The number of halogens is 2. The van der Waals surface area contributed by atoms with Gasteiger partial charge in [-0.05, 0) is 27.0 Å². The molecule has 1 aromatic heterocycles. The lowest BCUT2D eigenvalue weighted by Crippen LogP contribution is -2.26. The van der Waals surface area contributed by atoms with Crippen molar-refractivity contribution in [1.29, 1.82) is 0 Å². The van der Waals surface area contributed by atoms with Crippen LogP contribution in [-0.2, 0) is 5.88 Å². The Balaban J connectivity index is 2.17. The van der Waals surface area contributed by atoms with Crippen molar-refractivity contribution < 1.29 is 4.39 Å². The van der Waals surface area contributed by atoms with Gasteiger partial charge in [-0.25, -0.2) is 9.37 Å². The lowest BCUT2D eigenvalue weighted by atomic mass is 10.1. The van der Waals surface area contributed by atoms with E-state index in [1.54, 1.807) is 17.4 Å². The smallest absolute Gasteiger partial charge is 0.127 e. The number of nitrogens with zero attached hydrogens (tertiary/aromatic N) is 2. The summed E-state index contributed by atoms with van der Waals surface area (Å²) < 4.78 is 13.9. The molecule has 2 unspecified atom stereocenters. The molecule has 1 aromatic carbocycles. The number of thiazole rings is 1. The minimum Gasteiger partial charge on any atom is -0.290 e. The largest absolute Gasteiger partial charge is 0.290 e. The second-order valence-electron chi connectivity index (χ2n) is 4.85. The molecule has 2 nitrogen and oxygen atoms in total. The van der Waals surface area contributed by atoms with Crippen LogP contribution in [0, 0.1) is 5.82 Å². The Hall–Kier alpha value is -0.970. The first-order valence-electron chi connectivity index (χ1n) is 6.51. The molecule has 20 heavy (non-hydrogen) atoms. The van der Waals surface area contributed by atoms with Crippen LogP contribution >= 0.6 is 22.9 Å². The standard InChI is InChI=1S/C15H18ClFN2S/c1-10(13-6-4-5-7-14(13)17)19(3)11(2)15-18-12(8-16)9-20-15/h4-7,9-11H,8H2,1-3H3. The maximum atomic E-state index is 13.9. The fraction of sp³-hybridized carbons (Fsp3) is 0.400. The van der Waals surface area contributed by atoms with Crippen molar-refractivity contribution in [2.75, 3.05) is 7.05 Å². The fourth-order valence-corrected chi connectivity index (χ4v) is 3.27. The van der Waals surface area contributed by atoms with Gasteiger partial charge in [0.05, 0.1) is 17.6 Å². The molecule has 0 amide bonds. The van der Waals surface area contributed by atoms with Gasteiger partial charge in [-0.3, -0.25) is 4.90 Å². The van der Waals surface area contributed by atoms with E-state index < -0.39 is 0 Å². The van der Waals surface area contributed by atoms with E-state index >= 15 is 0 Å². The molecule has 0 N–H and O–H groups in total. The van der Waals surface area contributed by atoms with Gasteiger partial charge in [-0.15, -0.1) is 22.9 Å². The zero-order valence-corrected chi connectivity index (χ0v) is 13.4. The monoisotopic (exact) mass is 312 g/mol. The number of benzene rings is 1. The Bertz CT molecular complexity index is 573. The van der Waals surface area contributed by atoms with E-state index in [1.807, 2.05) is 31.5 Å². The Kier molecular flexibility index (Phi) is 5.13.